The van der Waals surface area contributed by atoms with Gasteiger partial charge in [-0.05, 0) is 31.2 Å². The molecule has 2 aromatic carbocycles. The molecule has 4 rings (SSSR count). The van der Waals surface area contributed by atoms with Crippen LogP contribution >= 0.6 is 11.8 Å². The average Bonchev–Trinajstić information content (AvgIpc) is 2.85. The van der Waals surface area contributed by atoms with E-state index >= 15 is 4.39 Å². The predicted octanol–water partition coefficient (Wildman–Crippen LogP) is 3.69. The number of carbonyl (C=O) groups excluding carboxylic acids is 1. The molecule has 1 aromatic heterocycles. The topological polar surface area (TPSA) is 82.8 Å². The van der Waals surface area contributed by atoms with Crippen LogP contribution in [0.25, 0.3) is 10.9 Å². The number of anilines is 1. The molecule has 7 nitrogen and oxygen atoms in total. The Balaban J connectivity index is 1.45. The summed E-state index contributed by atoms with van der Waals surface area (Å²) in [7, 11) is 0. The summed E-state index contributed by atoms with van der Waals surface area (Å²) in [5.41, 5.74) is -0.227. The van der Waals surface area contributed by atoms with Crippen molar-refractivity contribution in [1.29, 1.82) is 0 Å². The number of thioether (sulfide) groups is 1. The molecule has 0 spiro atoms. The first kappa shape index (κ1) is 23.8. The second-order valence-corrected chi connectivity index (χ2v) is 9.23. The van der Waals surface area contributed by atoms with Gasteiger partial charge < -0.3 is 19.5 Å². The number of hydrogen-bond acceptors (Lipinski definition) is 5. The van der Waals surface area contributed by atoms with Crippen LogP contribution in [0.2, 0.25) is 0 Å². The predicted molar refractivity (Wildman–Crippen MR) is 131 cm³/mol. The molecule has 0 unspecified atom stereocenters. The molecule has 0 atom stereocenters. The van der Waals surface area contributed by atoms with Crippen LogP contribution < -0.4 is 10.3 Å². The van der Waals surface area contributed by atoms with Crippen LogP contribution in [0.1, 0.15) is 23.7 Å². The Morgan fingerprint density at radius 2 is 1.79 bits per heavy atom. The van der Waals surface area contributed by atoms with Gasteiger partial charge >= 0.3 is 5.97 Å². The van der Waals surface area contributed by atoms with Crippen molar-refractivity contribution in [2.24, 2.45) is 0 Å². The van der Waals surface area contributed by atoms with E-state index in [0.29, 0.717) is 56.1 Å². The number of carboxylic acids is 1. The lowest BCUT2D eigenvalue weighted by Gasteiger charge is -2.36. The van der Waals surface area contributed by atoms with Crippen LogP contribution in [0, 0.1) is 5.82 Å². The van der Waals surface area contributed by atoms with Gasteiger partial charge in [0.2, 0.25) is 11.3 Å². The van der Waals surface area contributed by atoms with E-state index in [1.54, 1.807) is 22.4 Å². The van der Waals surface area contributed by atoms with Gasteiger partial charge in [0.15, 0.2) is 0 Å². The Morgan fingerprint density at radius 1 is 1.09 bits per heavy atom. The largest absolute Gasteiger partial charge is 0.477 e. The first-order chi connectivity index (χ1) is 16.4. The summed E-state index contributed by atoms with van der Waals surface area (Å²) >= 11 is 1.65. The summed E-state index contributed by atoms with van der Waals surface area (Å²) < 4.78 is 16.7. The van der Waals surface area contributed by atoms with E-state index in [0.717, 1.165) is 11.0 Å². The highest BCUT2D eigenvalue weighted by atomic mass is 32.2. The third-order valence-corrected chi connectivity index (χ3v) is 7.03. The van der Waals surface area contributed by atoms with Crippen molar-refractivity contribution < 1.29 is 19.1 Å². The van der Waals surface area contributed by atoms with Crippen molar-refractivity contribution in [3.63, 3.8) is 0 Å². The molecule has 0 bridgehead atoms. The Hall–Kier alpha value is -3.33. The minimum Gasteiger partial charge on any atom is -0.477 e. The Labute approximate surface area is 200 Å². The molecule has 1 N–H and O–H groups in total. The van der Waals surface area contributed by atoms with Gasteiger partial charge in [-0.1, -0.05) is 18.2 Å². The monoisotopic (exact) mass is 483 g/mol. The van der Waals surface area contributed by atoms with E-state index in [1.807, 2.05) is 47.1 Å². The second kappa shape index (κ2) is 10.3. The maximum atomic E-state index is 15.0. The fourth-order valence-corrected chi connectivity index (χ4v) is 5.05. The standard InChI is InChI=1S/C25H26FN3O4S/c1-2-27-16-19(25(32)33)24(31)18-14-20(26)22(15-21(18)27)28-9-11-29(12-10-28)23(30)8-13-34-17-6-4-3-5-7-17/h3-7,14-16H,2,8-13H2,1H3,(H,32,33). The van der Waals surface area contributed by atoms with Gasteiger partial charge in [0.05, 0.1) is 11.2 Å². The lowest BCUT2D eigenvalue weighted by Crippen LogP contribution is -2.49. The number of fused-ring (bicyclic) bond motifs is 1. The van der Waals surface area contributed by atoms with Crippen LogP contribution in [0.5, 0.6) is 0 Å². The van der Waals surface area contributed by atoms with Crippen LogP contribution in [-0.4, -0.2) is 58.4 Å². The van der Waals surface area contributed by atoms with Crippen molar-refractivity contribution in [1.82, 2.24) is 9.47 Å². The number of carboxylic acid groups (broad SMARTS) is 1. The van der Waals surface area contributed by atoms with Gasteiger partial charge in [-0.3, -0.25) is 9.59 Å². The van der Waals surface area contributed by atoms with Crippen molar-refractivity contribution >= 4 is 40.2 Å². The molecule has 1 saturated heterocycles. The zero-order valence-corrected chi connectivity index (χ0v) is 19.7. The first-order valence-corrected chi connectivity index (χ1v) is 12.2. The molecule has 1 aliphatic rings. The zero-order chi connectivity index (χ0) is 24.2. The van der Waals surface area contributed by atoms with Gasteiger partial charge in [-0.2, -0.15) is 0 Å². The molecule has 2 heterocycles. The third-order valence-electron chi connectivity index (χ3n) is 6.02. The van der Waals surface area contributed by atoms with E-state index in [9.17, 15) is 19.5 Å². The van der Waals surface area contributed by atoms with E-state index < -0.39 is 17.2 Å². The number of aryl methyl sites for hydroxylation is 1. The Bertz CT molecular complexity index is 1270. The maximum Gasteiger partial charge on any atom is 0.341 e. The van der Waals surface area contributed by atoms with Gasteiger partial charge in [0.25, 0.3) is 0 Å². The molecule has 34 heavy (non-hydrogen) atoms. The average molecular weight is 484 g/mol. The molecule has 178 valence electrons. The Kier molecular flexibility index (Phi) is 7.21. The number of aromatic nitrogens is 1. The zero-order valence-electron chi connectivity index (χ0n) is 18.9. The number of hydrogen-bond donors (Lipinski definition) is 1. The van der Waals surface area contributed by atoms with E-state index in [2.05, 4.69) is 0 Å². The summed E-state index contributed by atoms with van der Waals surface area (Å²) in [5, 5.41) is 9.35. The van der Waals surface area contributed by atoms with Crippen molar-refractivity contribution in [2.75, 3.05) is 36.8 Å². The number of piperazine rings is 1. The van der Waals surface area contributed by atoms with E-state index in [-0.39, 0.29) is 16.9 Å². The highest BCUT2D eigenvalue weighted by Gasteiger charge is 2.24. The summed E-state index contributed by atoms with van der Waals surface area (Å²) in [6.07, 6.45) is 1.75. The van der Waals surface area contributed by atoms with Crippen LogP contribution in [-0.2, 0) is 11.3 Å². The van der Waals surface area contributed by atoms with Crippen molar-refractivity contribution in [3.8, 4) is 0 Å². The van der Waals surface area contributed by atoms with E-state index in [4.69, 9.17) is 0 Å². The highest BCUT2D eigenvalue weighted by molar-refractivity contribution is 7.99. The second-order valence-electron chi connectivity index (χ2n) is 8.06. The minimum atomic E-state index is -1.33. The van der Waals surface area contributed by atoms with Gasteiger partial charge in [0.1, 0.15) is 11.4 Å². The highest BCUT2D eigenvalue weighted by Crippen LogP contribution is 2.27. The van der Waals surface area contributed by atoms with Gasteiger partial charge in [0, 0.05) is 61.4 Å². The smallest absolute Gasteiger partial charge is 0.341 e. The third kappa shape index (κ3) is 4.94. The number of carbonyl (C=O) groups is 2. The number of rotatable bonds is 7. The quantitative estimate of drug-likeness (QED) is 0.516. The van der Waals surface area contributed by atoms with Crippen LogP contribution in [0.3, 0.4) is 0 Å². The molecule has 1 aliphatic heterocycles. The minimum absolute atomic E-state index is 0.0488. The van der Waals surface area contributed by atoms with E-state index in [1.165, 1.54) is 6.20 Å². The number of amides is 1. The molecule has 1 fully saturated rings. The molecule has 0 saturated carbocycles. The Morgan fingerprint density at radius 3 is 2.44 bits per heavy atom. The first-order valence-electron chi connectivity index (χ1n) is 11.2. The summed E-state index contributed by atoms with van der Waals surface area (Å²) in [5.74, 6) is -1.12. The fraction of sp³-hybridized carbons (Fsp3) is 0.320. The molecular weight excluding hydrogens is 457 g/mol. The molecule has 1 amide bonds. The van der Waals surface area contributed by atoms with Gasteiger partial charge in [-0.15, -0.1) is 11.8 Å². The number of pyridine rings is 1. The lowest BCUT2D eigenvalue weighted by atomic mass is 10.1. The summed E-state index contributed by atoms with van der Waals surface area (Å²) in [6.45, 7) is 4.20. The lowest BCUT2D eigenvalue weighted by molar-refractivity contribution is -0.131. The summed E-state index contributed by atoms with van der Waals surface area (Å²) in [4.78, 5) is 41.4. The molecule has 0 aliphatic carbocycles. The molecular formula is C25H26FN3O4S. The summed E-state index contributed by atoms with van der Waals surface area (Å²) in [6, 6.07) is 12.7. The molecule has 9 heteroatoms. The molecule has 3 aromatic rings. The fourth-order valence-electron chi connectivity index (χ4n) is 4.18. The van der Waals surface area contributed by atoms with Crippen molar-refractivity contribution in [2.45, 2.75) is 24.8 Å². The normalized spacial score (nSPS) is 13.9. The SMILES string of the molecule is CCn1cc(C(=O)O)c(=O)c2cc(F)c(N3CCN(C(=O)CCSc4ccccc4)CC3)cc21. The van der Waals surface area contributed by atoms with Crippen molar-refractivity contribution in [3.05, 3.63) is 70.3 Å². The number of halogens is 1. The molecule has 0 radical (unpaired) electrons. The number of nitrogens with zero attached hydrogens (tertiary/aromatic N) is 3. The number of benzene rings is 2. The maximum absolute atomic E-state index is 15.0. The number of aromatic carboxylic acids is 1. The van der Waals surface area contributed by atoms with Crippen LogP contribution in [0.4, 0.5) is 10.1 Å². The van der Waals surface area contributed by atoms with Crippen LogP contribution in [0.15, 0.2) is 58.4 Å². The van der Waals surface area contributed by atoms with Gasteiger partial charge in [-0.25, -0.2) is 9.18 Å².